The third-order valence-corrected chi connectivity index (χ3v) is 3.83. The van der Waals surface area contributed by atoms with E-state index in [1.54, 1.807) is 7.11 Å². The second kappa shape index (κ2) is 6.12. The van der Waals surface area contributed by atoms with Gasteiger partial charge in [0.05, 0.1) is 13.5 Å². The van der Waals surface area contributed by atoms with Crippen molar-refractivity contribution in [2.45, 2.75) is 19.3 Å². The van der Waals surface area contributed by atoms with Crippen LogP contribution in [0.1, 0.15) is 28.0 Å². The van der Waals surface area contributed by atoms with Gasteiger partial charge in [-0.2, -0.15) is 0 Å². The molecule has 0 saturated carbocycles. The summed E-state index contributed by atoms with van der Waals surface area (Å²) in [6.45, 7) is 0.0591. The Balaban J connectivity index is 1.84. The van der Waals surface area contributed by atoms with Crippen molar-refractivity contribution < 1.29 is 24.0 Å². The minimum atomic E-state index is -0.963. The van der Waals surface area contributed by atoms with Crippen LogP contribution >= 0.6 is 0 Å². The zero-order valence-electron chi connectivity index (χ0n) is 12.6. The molecule has 1 aliphatic rings. The molecule has 7 heteroatoms. The molecule has 0 radical (unpaired) electrons. The van der Waals surface area contributed by atoms with E-state index in [9.17, 15) is 9.59 Å². The molecule has 0 spiro atoms. The van der Waals surface area contributed by atoms with Gasteiger partial charge in [-0.15, -0.1) is 0 Å². The van der Waals surface area contributed by atoms with Gasteiger partial charge >= 0.3 is 5.97 Å². The van der Waals surface area contributed by atoms with Gasteiger partial charge in [0.15, 0.2) is 11.5 Å². The number of aliphatic carboxylic acids is 1. The maximum Gasteiger partial charge on any atom is 0.305 e. The molecular weight excluding hydrogens is 300 g/mol. The number of carboxylic acids is 1. The molecule has 0 aliphatic heterocycles. The average Bonchev–Trinajstić information content (AvgIpc) is 2.98. The van der Waals surface area contributed by atoms with Crippen molar-refractivity contribution in [3.63, 3.8) is 0 Å². The van der Waals surface area contributed by atoms with Gasteiger partial charge in [-0.1, -0.05) is 5.16 Å². The van der Waals surface area contributed by atoms with E-state index >= 15 is 0 Å². The van der Waals surface area contributed by atoms with Gasteiger partial charge in [-0.3, -0.25) is 9.59 Å². The van der Waals surface area contributed by atoms with E-state index in [1.165, 1.54) is 0 Å². The predicted octanol–water partition coefficient (Wildman–Crippen LogP) is 1.65. The number of rotatable bonds is 5. The first-order chi connectivity index (χ1) is 11.1. The molecule has 23 heavy (non-hydrogen) atoms. The van der Waals surface area contributed by atoms with Gasteiger partial charge < -0.3 is 19.7 Å². The number of aryl methyl sites for hydroxylation is 1. The number of ether oxygens (including phenoxy) is 1. The number of carbonyl (C=O) groups is 2. The Morgan fingerprint density at radius 1 is 1.39 bits per heavy atom. The Morgan fingerprint density at radius 2 is 2.22 bits per heavy atom. The van der Waals surface area contributed by atoms with Crippen molar-refractivity contribution in [3.8, 4) is 17.1 Å². The van der Waals surface area contributed by atoms with Crippen LogP contribution in [-0.2, 0) is 17.6 Å². The predicted molar refractivity (Wildman–Crippen MR) is 80.5 cm³/mol. The van der Waals surface area contributed by atoms with E-state index in [1.807, 2.05) is 18.2 Å². The summed E-state index contributed by atoms with van der Waals surface area (Å²) >= 11 is 0. The highest BCUT2D eigenvalue weighted by atomic mass is 16.5. The SMILES string of the molecule is COc1ccc2c(c1)CCc1c(C(=O)NCCC(=O)O)noc1-2. The summed E-state index contributed by atoms with van der Waals surface area (Å²) in [5.41, 5.74) is 2.98. The number of hydrogen-bond acceptors (Lipinski definition) is 5. The van der Waals surface area contributed by atoms with Gasteiger partial charge in [0.25, 0.3) is 5.91 Å². The lowest BCUT2D eigenvalue weighted by Crippen LogP contribution is -2.27. The molecule has 1 aromatic carbocycles. The zero-order chi connectivity index (χ0) is 16.4. The van der Waals surface area contributed by atoms with Crippen molar-refractivity contribution in [3.05, 3.63) is 35.0 Å². The number of hydrogen-bond donors (Lipinski definition) is 2. The standard InChI is InChI=1S/C16H16N2O5/c1-22-10-3-5-11-9(8-10)2-4-12-14(18-23-15(11)12)16(21)17-7-6-13(19)20/h3,5,8H,2,4,6-7H2,1H3,(H,17,21)(H,19,20). The number of benzene rings is 1. The van der Waals surface area contributed by atoms with E-state index < -0.39 is 11.9 Å². The van der Waals surface area contributed by atoms with Crippen LogP contribution < -0.4 is 10.1 Å². The summed E-state index contributed by atoms with van der Waals surface area (Å²) in [5, 5.41) is 15.0. The lowest BCUT2D eigenvalue weighted by atomic mass is 9.89. The normalized spacial score (nSPS) is 12.2. The smallest absolute Gasteiger partial charge is 0.305 e. The monoisotopic (exact) mass is 316 g/mol. The molecule has 7 nitrogen and oxygen atoms in total. The lowest BCUT2D eigenvalue weighted by molar-refractivity contribution is -0.136. The van der Waals surface area contributed by atoms with Gasteiger partial charge in [-0.05, 0) is 36.6 Å². The van der Waals surface area contributed by atoms with Crippen molar-refractivity contribution in [2.24, 2.45) is 0 Å². The van der Waals surface area contributed by atoms with E-state index in [0.29, 0.717) is 12.2 Å². The number of nitrogens with one attached hydrogen (secondary N) is 1. The summed E-state index contributed by atoms with van der Waals surface area (Å²) in [6, 6.07) is 5.68. The van der Waals surface area contributed by atoms with Gasteiger partial charge in [0, 0.05) is 17.7 Å². The van der Waals surface area contributed by atoms with Gasteiger partial charge in [0.2, 0.25) is 0 Å². The summed E-state index contributed by atoms with van der Waals surface area (Å²) in [5.74, 6) is -0.000733. The van der Waals surface area contributed by atoms with Crippen molar-refractivity contribution in [1.29, 1.82) is 0 Å². The molecule has 0 fully saturated rings. The fourth-order valence-corrected chi connectivity index (χ4v) is 2.68. The number of methoxy groups -OCH3 is 1. The van der Waals surface area contributed by atoms with Crippen LogP contribution in [0.15, 0.2) is 22.7 Å². The van der Waals surface area contributed by atoms with Crippen LogP contribution in [-0.4, -0.2) is 35.8 Å². The molecule has 1 aliphatic carbocycles. The first-order valence-corrected chi connectivity index (χ1v) is 7.26. The number of carboxylic acid groups (broad SMARTS) is 1. The van der Waals surface area contributed by atoms with Crippen molar-refractivity contribution in [2.75, 3.05) is 13.7 Å². The van der Waals surface area contributed by atoms with Crippen molar-refractivity contribution >= 4 is 11.9 Å². The summed E-state index contributed by atoms with van der Waals surface area (Å²) in [4.78, 5) is 22.6. The molecule has 1 heterocycles. The molecule has 1 amide bonds. The molecule has 1 aromatic heterocycles. The molecule has 0 saturated heterocycles. The Hall–Kier alpha value is -2.83. The Morgan fingerprint density at radius 3 is 2.96 bits per heavy atom. The molecule has 3 rings (SSSR count). The van der Waals surface area contributed by atoms with Crippen LogP contribution in [0, 0.1) is 0 Å². The number of nitrogens with zero attached hydrogens (tertiary/aromatic N) is 1. The first kappa shape index (κ1) is 15.1. The molecule has 2 N–H and O–H groups in total. The quantitative estimate of drug-likeness (QED) is 0.869. The largest absolute Gasteiger partial charge is 0.497 e. The van der Waals surface area contributed by atoms with Crippen LogP contribution in [0.2, 0.25) is 0 Å². The number of fused-ring (bicyclic) bond motifs is 3. The zero-order valence-corrected chi connectivity index (χ0v) is 12.6. The second-order valence-corrected chi connectivity index (χ2v) is 5.26. The first-order valence-electron chi connectivity index (χ1n) is 7.26. The minimum absolute atomic E-state index is 0.0591. The van der Waals surface area contributed by atoms with E-state index in [0.717, 1.165) is 28.9 Å². The van der Waals surface area contributed by atoms with Crippen molar-refractivity contribution in [1.82, 2.24) is 10.5 Å². The second-order valence-electron chi connectivity index (χ2n) is 5.26. The summed E-state index contributed by atoms with van der Waals surface area (Å²) in [6.07, 6.45) is 1.27. The number of aromatic nitrogens is 1. The van der Waals surface area contributed by atoms with Crippen LogP contribution in [0.25, 0.3) is 11.3 Å². The maximum absolute atomic E-state index is 12.1. The molecule has 0 unspecified atom stereocenters. The van der Waals surface area contributed by atoms with E-state index in [2.05, 4.69) is 10.5 Å². The summed E-state index contributed by atoms with van der Waals surface area (Å²) in [7, 11) is 1.62. The molecule has 120 valence electrons. The van der Waals surface area contributed by atoms with E-state index in [-0.39, 0.29) is 18.7 Å². The van der Waals surface area contributed by atoms with E-state index in [4.69, 9.17) is 14.4 Å². The number of amides is 1. The third-order valence-electron chi connectivity index (χ3n) is 3.83. The fraction of sp³-hybridized carbons (Fsp3) is 0.312. The van der Waals surface area contributed by atoms with Crippen LogP contribution in [0.4, 0.5) is 0 Å². The highest BCUT2D eigenvalue weighted by Gasteiger charge is 2.27. The maximum atomic E-state index is 12.1. The topological polar surface area (TPSA) is 102 Å². The molecule has 2 aromatic rings. The average molecular weight is 316 g/mol. The third kappa shape index (κ3) is 2.90. The van der Waals surface area contributed by atoms with Crippen LogP contribution in [0.3, 0.4) is 0 Å². The van der Waals surface area contributed by atoms with Gasteiger partial charge in [-0.25, -0.2) is 0 Å². The Bertz CT molecular complexity index is 766. The Labute approximate surface area is 132 Å². The summed E-state index contributed by atoms with van der Waals surface area (Å²) < 4.78 is 10.6. The highest BCUT2D eigenvalue weighted by molar-refractivity contribution is 5.95. The van der Waals surface area contributed by atoms with Gasteiger partial charge in [0.1, 0.15) is 5.75 Å². The number of carbonyl (C=O) groups excluding carboxylic acids is 1. The van der Waals surface area contributed by atoms with Crippen LogP contribution in [0.5, 0.6) is 5.75 Å². The lowest BCUT2D eigenvalue weighted by Gasteiger charge is -2.15. The Kier molecular flexibility index (Phi) is 4.01. The minimum Gasteiger partial charge on any atom is -0.497 e. The molecular formula is C16H16N2O5. The molecule has 0 bridgehead atoms. The molecule has 0 atom stereocenters. The fourth-order valence-electron chi connectivity index (χ4n) is 2.68. The highest BCUT2D eigenvalue weighted by Crippen LogP contribution is 2.36.